The van der Waals surface area contributed by atoms with Gasteiger partial charge in [0.15, 0.2) is 0 Å². The van der Waals surface area contributed by atoms with Crippen molar-refractivity contribution in [1.29, 1.82) is 0 Å². The minimum Gasteiger partial charge on any atom is -0.424 e. The number of halogens is 3. The molecule has 0 amide bonds. The first-order valence-electron chi connectivity index (χ1n) is 4.81. The minimum atomic E-state index is -0.481. The summed E-state index contributed by atoms with van der Waals surface area (Å²) in [6.07, 6.45) is 0. The lowest BCUT2D eigenvalue weighted by Gasteiger charge is -2.06. The Morgan fingerprint density at radius 2 is 2.22 bits per heavy atom. The molecule has 0 bridgehead atoms. The number of hydrogen-bond donors (Lipinski definition) is 0. The molecule has 1 heterocycles. The van der Waals surface area contributed by atoms with Crippen molar-refractivity contribution in [1.82, 2.24) is 14.8 Å². The standard InChI is InChI=1S/C10H8ClFIN3O2/c1-17-5-16-10(14-9(13)15-16)18-8-3-6(11)2-7(12)4-8/h2-4H,5H2,1H3. The van der Waals surface area contributed by atoms with Gasteiger partial charge in [0.1, 0.15) is 18.3 Å². The molecule has 0 fully saturated rings. The molecule has 96 valence electrons. The average Bonchev–Trinajstić information content (AvgIpc) is 2.58. The van der Waals surface area contributed by atoms with Crippen LogP contribution in [0.3, 0.4) is 0 Å². The monoisotopic (exact) mass is 383 g/mol. The van der Waals surface area contributed by atoms with E-state index in [1.807, 2.05) is 22.6 Å². The van der Waals surface area contributed by atoms with Crippen molar-refractivity contribution in [3.05, 3.63) is 32.9 Å². The molecule has 8 heteroatoms. The number of methoxy groups -OCH3 is 1. The lowest BCUT2D eigenvalue weighted by Crippen LogP contribution is -2.04. The summed E-state index contributed by atoms with van der Waals surface area (Å²) in [6.45, 7) is 0.189. The zero-order chi connectivity index (χ0) is 13.1. The van der Waals surface area contributed by atoms with E-state index in [0.29, 0.717) is 3.83 Å². The molecule has 0 aliphatic carbocycles. The summed E-state index contributed by atoms with van der Waals surface area (Å²) in [5, 5.41) is 4.30. The first-order chi connectivity index (χ1) is 8.58. The van der Waals surface area contributed by atoms with Crippen molar-refractivity contribution < 1.29 is 13.9 Å². The molecule has 18 heavy (non-hydrogen) atoms. The number of nitrogens with zero attached hydrogens (tertiary/aromatic N) is 3. The maximum atomic E-state index is 13.2. The van der Waals surface area contributed by atoms with E-state index in [1.54, 1.807) is 0 Å². The second-order valence-electron chi connectivity index (χ2n) is 3.29. The predicted octanol–water partition coefficient (Wildman–Crippen LogP) is 3.07. The molecule has 1 aromatic heterocycles. The van der Waals surface area contributed by atoms with Crippen LogP contribution in [0, 0.1) is 9.65 Å². The van der Waals surface area contributed by atoms with Crippen LogP contribution in [0.4, 0.5) is 4.39 Å². The van der Waals surface area contributed by atoms with E-state index in [-0.39, 0.29) is 23.5 Å². The molecule has 0 spiro atoms. The Labute approximate surface area is 121 Å². The van der Waals surface area contributed by atoms with Gasteiger partial charge in [-0.1, -0.05) is 11.6 Å². The fraction of sp³-hybridized carbons (Fsp3) is 0.200. The van der Waals surface area contributed by atoms with Gasteiger partial charge in [0.2, 0.25) is 3.83 Å². The molecule has 1 aromatic carbocycles. The highest BCUT2D eigenvalue weighted by Crippen LogP contribution is 2.24. The van der Waals surface area contributed by atoms with Crippen LogP contribution < -0.4 is 4.74 Å². The quantitative estimate of drug-likeness (QED) is 0.762. The van der Waals surface area contributed by atoms with Gasteiger partial charge in [0.05, 0.1) is 0 Å². The molecule has 0 saturated carbocycles. The van der Waals surface area contributed by atoms with Crippen molar-refractivity contribution in [2.24, 2.45) is 0 Å². The third-order valence-corrected chi connectivity index (χ3v) is 2.58. The van der Waals surface area contributed by atoms with E-state index in [4.69, 9.17) is 21.1 Å². The van der Waals surface area contributed by atoms with Gasteiger partial charge in [-0.3, -0.25) is 0 Å². The Kier molecular flexibility index (Phi) is 4.36. The Bertz CT molecular complexity index is 544. The van der Waals surface area contributed by atoms with Crippen LogP contribution in [0.1, 0.15) is 0 Å². The first kappa shape index (κ1) is 13.5. The van der Waals surface area contributed by atoms with Crippen LogP contribution in [-0.2, 0) is 11.5 Å². The van der Waals surface area contributed by atoms with Crippen molar-refractivity contribution in [3.8, 4) is 11.8 Å². The molecule has 5 nitrogen and oxygen atoms in total. The molecule has 0 N–H and O–H groups in total. The van der Waals surface area contributed by atoms with Gasteiger partial charge in [0, 0.05) is 40.8 Å². The summed E-state index contributed by atoms with van der Waals surface area (Å²) in [5.41, 5.74) is 0. The maximum Gasteiger partial charge on any atom is 0.323 e. The van der Waals surface area contributed by atoms with Gasteiger partial charge in [-0.05, 0) is 12.1 Å². The summed E-state index contributed by atoms with van der Waals surface area (Å²) < 4.78 is 25.4. The van der Waals surface area contributed by atoms with E-state index in [9.17, 15) is 4.39 Å². The van der Waals surface area contributed by atoms with Crippen molar-refractivity contribution in [2.45, 2.75) is 6.73 Å². The summed E-state index contributed by atoms with van der Waals surface area (Å²) in [7, 11) is 1.53. The Balaban J connectivity index is 2.27. The highest BCUT2D eigenvalue weighted by Gasteiger charge is 2.11. The van der Waals surface area contributed by atoms with E-state index in [1.165, 1.54) is 30.0 Å². The molecule has 0 atom stereocenters. The minimum absolute atomic E-state index is 0.189. The van der Waals surface area contributed by atoms with Gasteiger partial charge in [-0.2, -0.15) is 9.67 Å². The molecule has 0 unspecified atom stereocenters. The lowest BCUT2D eigenvalue weighted by molar-refractivity contribution is 0.112. The topological polar surface area (TPSA) is 49.2 Å². The zero-order valence-electron chi connectivity index (χ0n) is 9.23. The molecule has 0 saturated heterocycles. The summed E-state index contributed by atoms with van der Waals surface area (Å²) in [6, 6.07) is 4.11. The van der Waals surface area contributed by atoms with Crippen molar-refractivity contribution in [2.75, 3.05) is 7.11 Å². The SMILES string of the molecule is COCn1nc(I)nc1Oc1cc(F)cc(Cl)c1. The van der Waals surface area contributed by atoms with Gasteiger partial charge in [-0.25, -0.2) is 4.39 Å². The highest BCUT2D eigenvalue weighted by molar-refractivity contribution is 14.1. The molecular formula is C10H8ClFIN3O2. The number of aromatic nitrogens is 3. The second kappa shape index (κ2) is 5.81. The molecular weight excluding hydrogens is 375 g/mol. The van der Waals surface area contributed by atoms with Crippen LogP contribution in [0.15, 0.2) is 18.2 Å². The molecule has 0 aliphatic heterocycles. The second-order valence-corrected chi connectivity index (χ2v) is 4.69. The van der Waals surface area contributed by atoms with E-state index in [0.717, 1.165) is 0 Å². The average molecular weight is 384 g/mol. The van der Waals surface area contributed by atoms with Gasteiger partial charge in [0.25, 0.3) is 0 Å². The van der Waals surface area contributed by atoms with Crippen LogP contribution in [0.25, 0.3) is 0 Å². The largest absolute Gasteiger partial charge is 0.424 e. The number of hydrogen-bond acceptors (Lipinski definition) is 4. The molecule has 0 radical (unpaired) electrons. The van der Waals surface area contributed by atoms with Crippen molar-refractivity contribution in [3.63, 3.8) is 0 Å². The van der Waals surface area contributed by atoms with E-state index in [2.05, 4.69) is 10.1 Å². The fourth-order valence-corrected chi connectivity index (χ4v) is 1.95. The zero-order valence-corrected chi connectivity index (χ0v) is 12.1. The third-order valence-electron chi connectivity index (χ3n) is 1.91. The Morgan fingerprint density at radius 1 is 1.44 bits per heavy atom. The molecule has 0 aliphatic rings. The Morgan fingerprint density at radius 3 is 2.89 bits per heavy atom. The van der Waals surface area contributed by atoms with E-state index < -0.39 is 5.82 Å². The van der Waals surface area contributed by atoms with E-state index >= 15 is 0 Å². The normalized spacial score (nSPS) is 10.7. The number of benzene rings is 1. The van der Waals surface area contributed by atoms with Crippen molar-refractivity contribution >= 4 is 34.2 Å². The number of ether oxygens (including phenoxy) is 2. The first-order valence-corrected chi connectivity index (χ1v) is 6.27. The fourth-order valence-electron chi connectivity index (χ4n) is 1.28. The summed E-state index contributed by atoms with van der Waals surface area (Å²) in [5.74, 6) is -0.230. The third kappa shape index (κ3) is 3.30. The Hall–Kier alpha value is -0.930. The maximum absolute atomic E-state index is 13.2. The summed E-state index contributed by atoms with van der Waals surface area (Å²) in [4.78, 5) is 4.05. The van der Waals surface area contributed by atoms with Gasteiger partial charge < -0.3 is 9.47 Å². The smallest absolute Gasteiger partial charge is 0.323 e. The van der Waals surface area contributed by atoms with Crippen LogP contribution in [0.2, 0.25) is 5.02 Å². The van der Waals surface area contributed by atoms with Crippen LogP contribution in [0.5, 0.6) is 11.8 Å². The van der Waals surface area contributed by atoms with Crippen LogP contribution >= 0.6 is 34.2 Å². The predicted molar refractivity (Wildman–Crippen MR) is 71.2 cm³/mol. The van der Waals surface area contributed by atoms with Crippen LogP contribution in [-0.4, -0.2) is 21.9 Å². The lowest BCUT2D eigenvalue weighted by atomic mass is 10.3. The highest BCUT2D eigenvalue weighted by atomic mass is 127. The summed E-state index contributed by atoms with van der Waals surface area (Å²) >= 11 is 7.68. The van der Waals surface area contributed by atoms with Gasteiger partial charge >= 0.3 is 6.01 Å². The number of rotatable bonds is 4. The van der Waals surface area contributed by atoms with Gasteiger partial charge in [-0.15, -0.1) is 5.10 Å². The molecule has 2 rings (SSSR count). The molecule has 2 aromatic rings.